The molecule has 0 spiro atoms. The van der Waals surface area contributed by atoms with E-state index in [0.717, 1.165) is 0 Å². The summed E-state index contributed by atoms with van der Waals surface area (Å²) in [6, 6.07) is 5.92. The molecule has 0 aliphatic heterocycles. The molecule has 1 aliphatic carbocycles. The number of ketones is 1. The molecule has 6 heteroatoms. The zero-order valence-corrected chi connectivity index (χ0v) is 10.5. The molecule has 19 heavy (non-hydrogen) atoms. The predicted molar refractivity (Wildman–Crippen MR) is 69.4 cm³/mol. The number of aryl methyl sites for hydroxylation is 1. The van der Waals surface area contributed by atoms with Gasteiger partial charge in [0.1, 0.15) is 11.6 Å². The maximum absolute atomic E-state index is 13.1. The SMILES string of the molecule is O=C1CCc2nc(Cl)nc(Nc3cccc(F)c3)c21. The number of carbonyl (C=O) groups is 1. The van der Waals surface area contributed by atoms with Gasteiger partial charge in [0.15, 0.2) is 5.78 Å². The quantitative estimate of drug-likeness (QED) is 0.857. The van der Waals surface area contributed by atoms with Crippen molar-refractivity contribution < 1.29 is 9.18 Å². The van der Waals surface area contributed by atoms with Crippen molar-refractivity contribution in [2.24, 2.45) is 0 Å². The number of nitrogens with zero attached hydrogens (tertiary/aromatic N) is 2. The lowest BCUT2D eigenvalue weighted by molar-refractivity contribution is 0.0995. The summed E-state index contributed by atoms with van der Waals surface area (Å²) >= 11 is 5.83. The lowest BCUT2D eigenvalue weighted by Crippen LogP contribution is -2.05. The summed E-state index contributed by atoms with van der Waals surface area (Å²) in [6.45, 7) is 0. The summed E-state index contributed by atoms with van der Waals surface area (Å²) in [4.78, 5) is 19.9. The summed E-state index contributed by atoms with van der Waals surface area (Å²) in [5.74, 6) is -0.0539. The van der Waals surface area contributed by atoms with Gasteiger partial charge in [-0.25, -0.2) is 9.37 Å². The van der Waals surface area contributed by atoms with Crippen molar-refractivity contribution in [3.8, 4) is 0 Å². The first-order valence-electron chi connectivity index (χ1n) is 5.75. The number of hydrogen-bond donors (Lipinski definition) is 1. The van der Waals surface area contributed by atoms with E-state index >= 15 is 0 Å². The van der Waals surface area contributed by atoms with Gasteiger partial charge >= 0.3 is 0 Å². The number of hydrogen-bond acceptors (Lipinski definition) is 4. The van der Waals surface area contributed by atoms with E-state index in [-0.39, 0.29) is 16.9 Å². The minimum atomic E-state index is -0.367. The first-order valence-corrected chi connectivity index (χ1v) is 6.13. The first-order chi connectivity index (χ1) is 9.13. The molecule has 1 aromatic heterocycles. The summed E-state index contributed by atoms with van der Waals surface area (Å²) in [5.41, 5.74) is 1.61. The predicted octanol–water partition coefficient (Wildman–Crippen LogP) is 3.14. The zero-order chi connectivity index (χ0) is 13.4. The van der Waals surface area contributed by atoms with Crippen LogP contribution in [0.15, 0.2) is 24.3 Å². The molecule has 1 aliphatic rings. The van der Waals surface area contributed by atoms with E-state index in [0.29, 0.717) is 35.6 Å². The number of rotatable bonds is 2. The fourth-order valence-electron chi connectivity index (χ4n) is 2.10. The van der Waals surface area contributed by atoms with Gasteiger partial charge in [-0.3, -0.25) is 4.79 Å². The first kappa shape index (κ1) is 12.0. The smallest absolute Gasteiger partial charge is 0.224 e. The topological polar surface area (TPSA) is 54.9 Å². The van der Waals surface area contributed by atoms with Crippen LogP contribution in [0.2, 0.25) is 5.28 Å². The van der Waals surface area contributed by atoms with Crippen molar-refractivity contribution in [2.45, 2.75) is 12.8 Å². The molecule has 4 nitrogen and oxygen atoms in total. The van der Waals surface area contributed by atoms with Crippen LogP contribution in [0.1, 0.15) is 22.5 Å². The average molecular weight is 278 g/mol. The minimum Gasteiger partial charge on any atom is -0.339 e. The zero-order valence-electron chi connectivity index (χ0n) is 9.78. The molecule has 0 saturated carbocycles. The number of halogens is 2. The number of Topliss-reactive ketones (excluding diaryl/α,β-unsaturated/α-hetero) is 1. The third kappa shape index (κ3) is 2.29. The van der Waals surface area contributed by atoms with Gasteiger partial charge in [0, 0.05) is 12.1 Å². The lowest BCUT2D eigenvalue weighted by Gasteiger charge is -2.09. The van der Waals surface area contributed by atoms with Gasteiger partial charge in [0.25, 0.3) is 0 Å². The molecule has 0 saturated heterocycles. The van der Waals surface area contributed by atoms with Crippen LogP contribution >= 0.6 is 11.6 Å². The highest BCUT2D eigenvalue weighted by Gasteiger charge is 2.26. The molecule has 0 radical (unpaired) electrons. The molecule has 96 valence electrons. The molecule has 0 fully saturated rings. The van der Waals surface area contributed by atoms with E-state index < -0.39 is 0 Å². The fraction of sp³-hybridized carbons (Fsp3) is 0.154. The van der Waals surface area contributed by atoms with Gasteiger partial charge in [-0.2, -0.15) is 4.98 Å². The molecular weight excluding hydrogens is 269 g/mol. The van der Waals surface area contributed by atoms with Gasteiger partial charge in [-0.1, -0.05) is 6.07 Å². The highest BCUT2D eigenvalue weighted by Crippen LogP contribution is 2.29. The van der Waals surface area contributed by atoms with Crippen molar-refractivity contribution in [1.29, 1.82) is 0 Å². The number of anilines is 2. The summed E-state index contributed by atoms with van der Waals surface area (Å²) in [7, 11) is 0. The molecule has 3 rings (SSSR count). The highest BCUT2D eigenvalue weighted by atomic mass is 35.5. The third-order valence-corrected chi connectivity index (χ3v) is 3.08. The molecule has 1 N–H and O–H groups in total. The highest BCUT2D eigenvalue weighted by molar-refractivity contribution is 6.28. The Kier molecular flexibility index (Phi) is 2.91. The van der Waals surface area contributed by atoms with Crippen molar-refractivity contribution >= 4 is 28.9 Å². The van der Waals surface area contributed by atoms with Crippen LogP contribution in [-0.2, 0) is 6.42 Å². The fourth-order valence-corrected chi connectivity index (χ4v) is 2.29. The number of fused-ring (bicyclic) bond motifs is 1. The van der Waals surface area contributed by atoms with E-state index in [1.54, 1.807) is 12.1 Å². The second-order valence-electron chi connectivity index (χ2n) is 4.22. The molecule has 2 aromatic rings. The van der Waals surface area contributed by atoms with Crippen LogP contribution in [0.4, 0.5) is 15.9 Å². The molecule has 0 atom stereocenters. The Morgan fingerprint density at radius 1 is 1.26 bits per heavy atom. The van der Waals surface area contributed by atoms with Crippen molar-refractivity contribution in [3.63, 3.8) is 0 Å². The Balaban J connectivity index is 2.04. The van der Waals surface area contributed by atoms with Crippen LogP contribution in [0.3, 0.4) is 0 Å². The Morgan fingerprint density at radius 3 is 2.89 bits per heavy atom. The number of nitrogens with one attached hydrogen (secondary N) is 1. The number of aromatic nitrogens is 2. The van der Waals surface area contributed by atoms with Crippen LogP contribution in [-0.4, -0.2) is 15.8 Å². The third-order valence-electron chi connectivity index (χ3n) is 2.91. The van der Waals surface area contributed by atoms with E-state index in [9.17, 15) is 9.18 Å². The number of carbonyl (C=O) groups excluding carboxylic acids is 1. The van der Waals surface area contributed by atoms with Gasteiger partial charge in [-0.15, -0.1) is 0 Å². The molecule has 0 unspecified atom stereocenters. The maximum atomic E-state index is 13.1. The van der Waals surface area contributed by atoms with Gasteiger partial charge in [-0.05, 0) is 36.2 Å². The van der Waals surface area contributed by atoms with E-state index in [1.807, 2.05) is 0 Å². The van der Waals surface area contributed by atoms with E-state index in [1.165, 1.54) is 12.1 Å². The van der Waals surface area contributed by atoms with Gasteiger partial charge in [0.2, 0.25) is 5.28 Å². The van der Waals surface area contributed by atoms with Crippen LogP contribution < -0.4 is 5.32 Å². The molecule has 1 aromatic carbocycles. The van der Waals surface area contributed by atoms with Crippen molar-refractivity contribution in [3.05, 3.63) is 46.6 Å². The second kappa shape index (κ2) is 4.59. The standard InChI is InChI=1S/C13H9ClFN3O/c14-13-17-9-4-5-10(19)11(9)12(18-13)16-8-3-1-2-7(15)6-8/h1-3,6H,4-5H2,(H,16,17,18). The van der Waals surface area contributed by atoms with Crippen molar-refractivity contribution in [1.82, 2.24) is 9.97 Å². The monoisotopic (exact) mass is 277 g/mol. The Morgan fingerprint density at radius 2 is 2.11 bits per heavy atom. The van der Waals surface area contributed by atoms with Crippen LogP contribution in [0, 0.1) is 5.82 Å². The van der Waals surface area contributed by atoms with Gasteiger partial charge in [0.05, 0.1) is 11.3 Å². The molecule has 0 bridgehead atoms. The average Bonchev–Trinajstić information content (AvgIpc) is 2.71. The van der Waals surface area contributed by atoms with E-state index in [4.69, 9.17) is 11.6 Å². The molecule has 1 heterocycles. The largest absolute Gasteiger partial charge is 0.339 e. The Labute approximate surface area is 113 Å². The normalized spacial score (nSPS) is 13.5. The summed E-state index contributed by atoms with van der Waals surface area (Å²) in [5, 5.41) is 3.00. The summed E-state index contributed by atoms with van der Waals surface area (Å²) < 4.78 is 13.1. The van der Waals surface area contributed by atoms with Crippen LogP contribution in [0.25, 0.3) is 0 Å². The molecular formula is C13H9ClFN3O. The molecule has 0 amide bonds. The second-order valence-corrected chi connectivity index (χ2v) is 4.56. The number of benzene rings is 1. The van der Waals surface area contributed by atoms with Crippen LogP contribution in [0.5, 0.6) is 0 Å². The summed E-state index contributed by atoms with van der Waals surface area (Å²) in [6.07, 6.45) is 0.969. The maximum Gasteiger partial charge on any atom is 0.224 e. The van der Waals surface area contributed by atoms with E-state index in [2.05, 4.69) is 15.3 Å². The Bertz CT molecular complexity index is 675. The minimum absolute atomic E-state index is 0.0226. The Hall–Kier alpha value is -2.01. The lowest BCUT2D eigenvalue weighted by atomic mass is 10.2. The van der Waals surface area contributed by atoms with Gasteiger partial charge < -0.3 is 5.32 Å². The van der Waals surface area contributed by atoms with Crippen molar-refractivity contribution in [2.75, 3.05) is 5.32 Å².